The molecule has 5 fully saturated rings. The van der Waals surface area contributed by atoms with E-state index in [2.05, 4.69) is 33.6 Å². The minimum Gasteiger partial charge on any atom is -0.403 e. The zero-order chi connectivity index (χ0) is 13.7. The van der Waals surface area contributed by atoms with Crippen molar-refractivity contribution >= 4 is 7.12 Å². The summed E-state index contributed by atoms with van der Waals surface area (Å²) >= 11 is 0. The summed E-state index contributed by atoms with van der Waals surface area (Å²) in [5.41, 5.74) is -0.236. The summed E-state index contributed by atoms with van der Waals surface area (Å²) in [6.45, 7) is 8.56. The van der Waals surface area contributed by atoms with E-state index in [0.29, 0.717) is 5.92 Å². The molecule has 0 unspecified atom stereocenters. The van der Waals surface area contributed by atoms with Crippen LogP contribution in [0.25, 0.3) is 0 Å². The van der Waals surface area contributed by atoms with Crippen LogP contribution in [-0.2, 0) is 9.31 Å². The van der Waals surface area contributed by atoms with Gasteiger partial charge >= 0.3 is 7.12 Å². The van der Waals surface area contributed by atoms with E-state index in [1.807, 2.05) is 0 Å². The Labute approximate surface area is 116 Å². The lowest BCUT2D eigenvalue weighted by atomic mass is 9.18. The number of terminal acetylenes is 1. The molecule has 2 bridgehead atoms. The normalized spacial score (nSPS) is 49.2. The lowest BCUT2D eigenvalue weighted by Crippen LogP contribution is -2.71. The van der Waals surface area contributed by atoms with Crippen molar-refractivity contribution in [2.45, 2.75) is 69.9 Å². The fraction of sp³-hybridized carbons (Fsp3) is 0.875. The number of hydrogen-bond donors (Lipinski definition) is 0. The van der Waals surface area contributed by atoms with Crippen molar-refractivity contribution < 1.29 is 9.31 Å². The average Bonchev–Trinajstić information content (AvgIpc) is 2.93. The molecule has 0 aromatic carbocycles. The first-order valence-electron chi connectivity index (χ1n) is 7.60. The summed E-state index contributed by atoms with van der Waals surface area (Å²) in [5.74, 6) is 4.61. The molecule has 5 aliphatic rings. The van der Waals surface area contributed by atoms with Gasteiger partial charge in [-0.2, -0.15) is 0 Å². The summed E-state index contributed by atoms with van der Waals surface area (Å²) in [4.78, 5) is 0. The zero-order valence-electron chi connectivity index (χ0n) is 12.5. The molecule has 1 heterocycles. The van der Waals surface area contributed by atoms with Crippen LogP contribution in [0.4, 0.5) is 0 Å². The highest BCUT2D eigenvalue weighted by atomic mass is 16.7. The summed E-state index contributed by atoms with van der Waals surface area (Å²) in [5, 5.41) is 0.235. The van der Waals surface area contributed by atoms with E-state index in [1.54, 1.807) is 0 Å². The molecule has 0 aromatic rings. The molecule has 0 radical (unpaired) electrons. The van der Waals surface area contributed by atoms with Gasteiger partial charge in [0, 0.05) is 10.7 Å². The van der Waals surface area contributed by atoms with Gasteiger partial charge in [-0.3, -0.25) is 0 Å². The highest BCUT2D eigenvalue weighted by molar-refractivity contribution is 6.51. The van der Waals surface area contributed by atoms with Crippen molar-refractivity contribution in [3.8, 4) is 12.3 Å². The molecule has 1 atom stereocenters. The van der Waals surface area contributed by atoms with E-state index in [-0.39, 0.29) is 29.0 Å². The fourth-order valence-corrected chi connectivity index (χ4v) is 4.78. The zero-order valence-corrected chi connectivity index (χ0v) is 12.5. The quantitative estimate of drug-likeness (QED) is 0.559. The largest absolute Gasteiger partial charge is 0.464 e. The van der Waals surface area contributed by atoms with Gasteiger partial charge in [0.2, 0.25) is 0 Å². The topological polar surface area (TPSA) is 18.5 Å². The smallest absolute Gasteiger partial charge is 0.403 e. The summed E-state index contributed by atoms with van der Waals surface area (Å²) in [6, 6.07) is 0. The maximum Gasteiger partial charge on any atom is 0.464 e. The predicted octanol–water partition coefficient (Wildman–Crippen LogP) is 3.27. The monoisotopic (exact) mass is 258 g/mol. The minimum atomic E-state index is -0.218. The first-order chi connectivity index (χ1) is 8.76. The highest BCUT2D eigenvalue weighted by Crippen LogP contribution is 2.87. The van der Waals surface area contributed by atoms with Crippen molar-refractivity contribution in [3.63, 3.8) is 0 Å². The van der Waals surface area contributed by atoms with Gasteiger partial charge in [-0.25, -0.2) is 0 Å². The fourth-order valence-electron chi connectivity index (χ4n) is 4.78. The van der Waals surface area contributed by atoms with Gasteiger partial charge in [0.1, 0.15) is 0 Å². The van der Waals surface area contributed by atoms with Crippen LogP contribution in [-0.4, -0.2) is 18.3 Å². The molecule has 2 nitrogen and oxygen atoms in total. The first kappa shape index (κ1) is 12.3. The van der Waals surface area contributed by atoms with Gasteiger partial charge in [0.05, 0.1) is 11.2 Å². The molecule has 0 amide bonds. The Morgan fingerprint density at radius 2 is 1.58 bits per heavy atom. The maximum atomic E-state index is 6.32. The van der Waals surface area contributed by atoms with Crippen molar-refractivity contribution in [1.29, 1.82) is 0 Å². The summed E-state index contributed by atoms with van der Waals surface area (Å²) < 4.78 is 12.6. The Hall–Kier alpha value is -0.455. The Bertz CT molecular complexity index is 461. The Morgan fingerprint density at radius 3 is 2.00 bits per heavy atom. The van der Waals surface area contributed by atoms with Gasteiger partial charge in [0.25, 0.3) is 0 Å². The minimum absolute atomic E-state index is 0.0432. The molecule has 0 spiro atoms. The SMILES string of the molecule is C#CC12CC(B3OC(C)(C)C(C)(C)O3)(C1)[C@H]2C1CC1. The third-order valence-electron chi connectivity index (χ3n) is 6.61. The van der Waals surface area contributed by atoms with Crippen molar-refractivity contribution in [1.82, 2.24) is 0 Å². The summed E-state index contributed by atoms with van der Waals surface area (Å²) in [6.07, 6.45) is 10.7. The van der Waals surface area contributed by atoms with Crippen LogP contribution in [0.2, 0.25) is 5.31 Å². The van der Waals surface area contributed by atoms with Gasteiger partial charge in [-0.1, -0.05) is 5.92 Å². The molecular weight excluding hydrogens is 235 g/mol. The molecule has 4 saturated carbocycles. The number of hydrogen-bond acceptors (Lipinski definition) is 2. The average molecular weight is 258 g/mol. The van der Waals surface area contributed by atoms with Crippen LogP contribution in [0.1, 0.15) is 53.4 Å². The van der Waals surface area contributed by atoms with Gasteiger partial charge in [-0.15, -0.1) is 6.42 Å². The molecule has 3 heteroatoms. The van der Waals surface area contributed by atoms with E-state index in [4.69, 9.17) is 15.7 Å². The van der Waals surface area contributed by atoms with Gasteiger partial charge in [-0.05, 0) is 65.2 Å². The summed E-state index contributed by atoms with van der Waals surface area (Å²) in [7, 11) is -0.0432. The van der Waals surface area contributed by atoms with Crippen LogP contribution in [0.5, 0.6) is 0 Å². The second-order valence-electron chi connectivity index (χ2n) is 8.29. The molecule has 5 rings (SSSR count). The Morgan fingerprint density at radius 1 is 1.05 bits per heavy atom. The Kier molecular flexibility index (Phi) is 1.99. The third kappa shape index (κ3) is 1.24. The van der Waals surface area contributed by atoms with Crippen molar-refractivity contribution in [2.75, 3.05) is 0 Å². The second-order valence-corrected chi connectivity index (χ2v) is 8.29. The molecular formula is C16H23BO2. The van der Waals surface area contributed by atoms with E-state index < -0.39 is 0 Å². The highest BCUT2D eigenvalue weighted by Gasteiger charge is 2.83. The van der Waals surface area contributed by atoms with Gasteiger partial charge in [0.15, 0.2) is 0 Å². The van der Waals surface area contributed by atoms with Crippen LogP contribution in [0.15, 0.2) is 0 Å². The van der Waals surface area contributed by atoms with Crippen LogP contribution in [0, 0.1) is 29.6 Å². The van der Waals surface area contributed by atoms with E-state index in [9.17, 15) is 0 Å². The second kappa shape index (κ2) is 3.07. The standard InChI is InChI=1S/C16H23BO2/c1-6-15-9-16(10-15,12(15)11-7-8-11)17-18-13(2,3)14(4,5)19-17/h1,11-12H,7-10H2,2-5H3/t12-,15?,16?/m0/s1. The van der Waals surface area contributed by atoms with E-state index in [1.165, 1.54) is 12.8 Å². The molecule has 0 aromatic heterocycles. The molecule has 4 aliphatic carbocycles. The van der Waals surface area contributed by atoms with Gasteiger partial charge < -0.3 is 9.31 Å². The number of rotatable bonds is 2. The van der Waals surface area contributed by atoms with E-state index >= 15 is 0 Å². The Balaban J connectivity index is 1.61. The van der Waals surface area contributed by atoms with E-state index in [0.717, 1.165) is 18.8 Å². The van der Waals surface area contributed by atoms with Crippen LogP contribution < -0.4 is 0 Å². The lowest BCUT2D eigenvalue weighted by molar-refractivity contribution is -0.156. The van der Waals surface area contributed by atoms with Crippen molar-refractivity contribution in [2.24, 2.45) is 17.3 Å². The maximum absolute atomic E-state index is 6.32. The van der Waals surface area contributed by atoms with Crippen LogP contribution in [0.3, 0.4) is 0 Å². The first-order valence-corrected chi connectivity index (χ1v) is 7.60. The molecule has 1 aliphatic heterocycles. The molecule has 102 valence electrons. The third-order valence-corrected chi connectivity index (χ3v) is 6.61. The van der Waals surface area contributed by atoms with Crippen molar-refractivity contribution in [3.05, 3.63) is 0 Å². The molecule has 0 N–H and O–H groups in total. The molecule has 1 saturated heterocycles. The lowest BCUT2D eigenvalue weighted by Gasteiger charge is -2.75. The van der Waals surface area contributed by atoms with Crippen LogP contribution >= 0.6 is 0 Å². The predicted molar refractivity (Wildman–Crippen MR) is 75.5 cm³/mol. The molecule has 19 heavy (non-hydrogen) atoms.